The number of ether oxygens (including phenoxy) is 2. The summed E-state index contributed by atoms with van der Waals surface area (Å²) in [5.41, 5.74) is 2.90. The average molecular weight is 389 g/mol. The quantitative estimate of drug-likeness (QED) is 0.504. The van der Waals surface area contributed by atoms with Crippen LogP contribution >= 0.6 is 0 Å². The van der Waals surface area contributed by atoms with Gasteiger partial charge in [0.15, 0.2) is 0 Å². The van der Waals surface area contributed by atoms with E-state index < -0.39 is 12.2 Å². The summed E-state index contributed by atoms with van der Waals surface area (Å²) >= 11 is 0. The van der Waals surface area contributed by atoms with Gasteiger partial charge in [-0.25, -0.2) is 0 Å². The Labute approximate surface area is 167 Å². The van der Waals surface area contributed by atoms with E-state index in [2.05, 4.69) is 10.1 Å². The Kier molecular flexibility index (Phi) is 4.72. The first-order chi connectivity index (χ1) is 13.9. The van der Waals surface area contributed by atoms with Gasteiger partial charge in [-0.15, -0.1) is 5.10 Å². The Balaban J connectivity index is 1.80. The number of esters is 1. The van der Waals surface area contributed by atoms with Crippen LogP contribution in [0.3, 0.4) is 0 Å². The summed E-state index contributed by atoms with van der Waals surface area (Å²) in [7, 11) is 0. The van der Waals surface area contributed by atoms with Crippen molar-refractivity contribution in [2.45, 2.75) is 27.0 Å². The number of amides is 1. The minimum absolute atomic E-state index is 0.294. The van der Waals surface area contributed by atoms with Crippen molar-refractivity contribution in [3.63, 3.8) is 0 Å². The van der Waals surface area contributed by atoms with Crippen LogP contribution in [-0.4, -0.2) is 27.8 Å². The molecule has 0 fully saturated rings. The van der Waals surface area contributed by atoms with Crippen molar-refractivity contribution in [2.75, 3.05) is 0 Å². The fraction of sp³-hybridized carbons (Fsp3) is 0.182. The van der Waals surface area contributed by atoms with Gasteiger partial charge < -0.3 is 9.47 Å². The maximum Gasteiger partial charge on any atom is 0.308 e. The molecule has 146 valence electrons. The van der Waals surface area contributed by atoms with Gasteiger partial charge in [-0.3, -0.25) is 14.6 Å². The first-order valence-electron chi connectivity index (χ1n) is 9.13. The molecule has 0 spiro atoms. The summed E-state index contributed by atoms with van der Waals surface area (Å²) in [5.74, 6) is -0.118. The zero-order valence-electron chi connectivity index (χ0n) is 16.2. The molecule has 7 nitrogen and oxygen atoms in total. The van der Waals surface area contributed by atoms with Crippen LogP contribution in [0.15, 0.2) is 59.7 Å². The number of aryl methyl sites for hydroxylation is 1. The highest BCUT2D eigenvalue weighted by molar-refractivity contribution is 6.07. The number of benzene rings is 2. The maximum atomic E-state index is 12.3. The lowest BCUT2D eigenvalue weighted by Crippen LogP contribution is -2.26. The second-order valence-electron chi connectivity index (χ2n) is 6.70. The smallest absolute Gasteiger partial charge is 0.308 e. The van der Waals surface area contributed by atoms with Crippen LogP contribution < -0.4 is 4.74 Å². The molecule has 1 amide bonds. The molecule has 0 saturated heterocycles. The molecular formula is C22H19N3O4. The number of hydrogen-bond donors (Lipinski definition) is 0. The standard InChI is InChI=1S/C22H19N3O4/c1-13-12-18(16-8-4-6-10-19(16)23-13)21-24-25(14(2)26)22(29-21)17-9-5-7-11-20(17)28-15(3)27/h4-12,22H,1-3H3. The van der Waals surface area contributed by atoms with Gasteiger partial charge in [0.25, 0.3) is 0 Å². The molecule has 3 aromatic rings. The molecule has 0 N–H and O–H groups in total. The molecule has 1 aliphatic rings. The summed E-state index contributed by atoms with van der Waals surface area (Å²) in [5, 5.41) is 6.56. The average Bonchev–Trinajstić information content (AvgIpc) is 3.12. The first-order valence-corrected chi connectivity index (χ1v) is 9.13. The van der Waals surface area contributed by atoms with Gasteiger partial charge >= 0.3 is 5.97 Å². The highest BCUT2D eigenvalue weighted by atomic mass is 16.5. The zero-order valence-corrected chi connectivity index (χ0v) is 16.2. The Morgan fingerprint density at radius 1 is 1.07 bits per heavy atom. The van der Waals surface area contributed by atoms with E-state index in [0.29, 0.717) is 17.2 Å². The van der Waals surface area contributed by atoms with Crippen molar-refractivity contribution in [2.24, 2.45) is 5.10 Å². The lowest BCUT2D eigenvalue weighted by Gasteiger charge is -2.21. The molecule has 4 rings (SSSR count). The summed E-state index contributed by atoms with van der Waals surface area (Å²) in [6.45, 7) is 4.62. The molecule has 2 heterocycles. The van der Waals surface area contributed by atoms with Crippen molar-refractivity contribution in [1.82, 2.24) is 9.99 Å². The van der Waals surface area contributed by atoms with Gasteiger partial charge in [-0.1, -0.05) is 30.3 Å². The normalized spacial score (nSPS) is 15.8. The number of aromatic nitrogens is 1. The molecule has 1 atom stereocenters. The molecule has 0 radical (unpaired) electrons. The van der Waals surface area contributed by atoms with Crippen LogP contribution in [0.4, 0.5) is 0 Å². The number of rotatable bonds is 3. The molecule has 1 aromatic heterocycles. The third kappa shape index (κ3) is 3.54. The maximum absolute atomic E-state index is 12.3. The van der Waals surface area contributed by atoms with Gasteiger partial charge in [0.2, 0.25) is 18.0 Å². The molecular weight excluding hydrogens is 370 g/mol. The van der Waals surface area contributed by atoms with Gasteiger partial charge in [-0.2, -0.15) is 5.01 Å². The third-order valence-electron chi connectivity index (χ3n) is 4.48. The fourth-order valence-corrected chi connectivity index (χ4v) is 3.29. The van der Waals surface area contributed by atoms with Crippen molar-refractivity contribution < 1.29 is 19.1 Å². The number of pyridine rings is 1. The van der Waals surface area contributed by atoms with Crippen LogP contribution in [-0.2, 0) is 14.3 Å². The van der Waals surface area contributed by atoms with Crippen LogP contribution in [0.25, 0.3) is 10.9 Å². The number of nitrogens with zero attached hydrogens (tertiary/aromatic N) is 3. The van der Waals surface area contributed by atoms with E-state index in [4.69, 9.17) is 9.47 Å². The number of hydrazone groups is 1. The van der Waals surface area contributed by atoms with Gasteiger partial charge in [0.1, 0.15) is 5.75 Å². The van der Waals surface area contributed by atoms with Crippen LogP contribution in [0.5, 0.6) is 5.75 Å². The van der Waals surface area contributed by atoms with Crippen molar-refractivity contribution >= 4 is 28.7 Å². The molecule has 2 aromatic carbocycles. The van der Waals surface area contributed by atoms with E-state index in [1.807, 2.05) is 37.3 Å². The SMILES string of the molecule is CC(=O)Oc1ccccc1C1OC(c2cc(C)nc3ccccc23)=NN1C(C)=O. The molecule has 0 aliphatic carbocycles. The Morgan fingerprint density at radius 2 is 1.79 bits per heavy atom. The van der Waals surface area contributed by atoms with Gasteiger partial charge in [0, 0.05) is 30.5 Å². The van der Waals surface area contributed by atoms with E-state index >= 15 is 0 Å². The second kappa shape index (κ2) is 7.35. The van der Waals surface area contributed by atoms with E-state index in [9.17, 15) is 9.59 Å². The number of para-hydroxylation sites is 2. The first kappa shape index (κ1) is 18.6. The minimum atomic E-state index is -0.842. The summed E-state index contributed by atoms with van der Waals surface area (Å²) in [4.78, 5) is 28.3. The number of hydrogen-bond acceptors (Lipinski definition) is 6. The lowest BCUT2D eigenvalue weighted by molar-refractivity contribution is -0.135. The lowest BCUT2D eigenvalue weighted by atomic mass is 10.1. The molecule has 1 unspecified atom stereocenters. The van der Waals surface area contributed by atoms with E-state index in [0.717, 1.165) is 22.2 Å². The molecule has 1 aliphatic heterocycles. The highest BCUT2D eigenvalue weighted by Crippen LogP contribution is 2.36. The largest absolute Gasteiger partial charge is 0.445 e. The van der Waals surface area contributed by atoms with Crippen LogP contribution in [0, 0.1) is 6.92 Å². The second-order valence-corrected chi connectivity index (χ2v) is 6.70. The molecule has 29 heavy (non-hydrogen) atoms. The zero-order chi connectivity index (χ0) is 20.5. The van der Waals surface area contributed by atoms with E-state index in [1.165, 1.54) is 18.9 Å². The Hall–Kier alpha value is -3.74. The summed E-state index contributed by atoms with van der Waals surface area (Å²) in [6.07, 6.45) is -0.842. The predicted octanol–water partition coefficient (Wildman–Crippen LogP) is 3.71. The minimum Gasteiger partial charge on any atom is -0.445 e. The monoisotopic (exact) mass is 389 g/mol. The van der Waals surface area contributed by atoms with Gasteiger partial charge in [0.05, 0.1) is 11.1 Å². The van der Waals surface area contributed by atoms with Crippen LogP contribution in [0.1, 0.15) is 36.9 Å². The van der Waals surface area contributed by atoms with E-state index in [-0.39, 0.29) is 5.91 Å². The van der Waals surface area contributed by atoms with Crippen molar-refractivity contribution in [3.8, 4) is 5.75 Å². The number of carbonyl (C=O) groups is 2. The van der Waals surface area contributed by atoms with Crippen molar-refractivity contribution in [3.05, 3.63) is 71.4 Å². The summed E-state index contributed by atoms with van der Waals surface area (Å²) in [6, 6.07) is 16.5. The number of fused-ring (bicyclic) bond motifs is 1. The molecule has 0 bridgehead atoms. The topological polar surface area (TPSA) is 81.1 Å². The van der Waals surface area contributed by atoms with Gasteiger partial charge in [-0.05, 0) is 31.2 Å². The Bertz CT molecular complexity index is 1160. The fourth-order valence-electron chi connectivity index (χ4n) is 3.29. The number of carbonyl (C=O) groups excluding carboxylic acids is 2. The predicted molar refractivity (Wildman–Crippen MR) is 107 cm³/mol. The highest BCUT2D eigenvalue weighted by Gasteiger charge is 2.35. The van der Waals surface area contributed by atoms with Crippen molar-refractivity contribution in [1.29, 1.82) is 0 Å². The third-order valence-corrected chi connectivity index (χ3v) is 4.48. The van der Waals surface area contributed by atoms with Crippen LogP contribution in [0.2, 0.25) is 0 Å². The van der Waals surface area contributed by atoms with E-state index in [1.54, 1.807) is 24.3 Å². The summed E-state index contributed by atoms with van der Waals surface area (Å²) < 4.78 is 11.4. The molecule has 7 heteroatoms. The Morgan fingerprint density at radius 3 is 2.55 bits per heavy atom. The molecule has 0 saturated carbocycles.